The number of aryl methyl sites for hydroxylation is 1. The van der Waals surface area contributed by atoms with E-state index in [9.17, 15) is 9.59 Å². The minimum Gasteiger partial charge on any atom is -0.444 e. The zero-order valence-electron chi connectivity index (χ0n) is 16.2. The van der Waals surface area contributed by atoms with Gasteiger partial charge in [0.15, 0.2) is 0 Å². The average Bonchev–Trinajstić information content (AvgIpc) is 3.06. The molecule has 27 heavy (non-hydrogen) atoms. The number of piperazine rings is 1. The van der Waals surface area contributed by atoms with Gasteiger partial charge < -0.3 is 14.5 Å². The minimum absolute atomic E-state index is 0.149. The molecule has 3 heterocycles. The summed E-state index contributed by atoms with van der Waals surface area (Å²) in [6.45, 7) is 8.15. The first kappa shape index (κ1) is 18.9. The largest absolute Gasteiger partial charge is 0.444 e. The molecule has 2 aromatic rings. The predicted molar refractivity (Wildman–Crippen MR) is 101 cm³/mol. The summed E-state index contributed by atoms with van der Waals surface area (Å²) in [6, 6.07) is 3.62. The fourth-order valence-corrected chi connectivity index (χ4v) is 2.87. The average molecular weight is 371 g/mol. The molecule has 0 atom stereocenters. The molecule has 0 N–H and O–H groups in total. The molecule has 1 fully saturated rings. The van der Waals surface area contributed by atoms with Crippen LogP contribution in [0.5, 0.6) is 0 Å². The van der Waals surface area contributed by atoms with Crippen molar-refractivity contribution < 1.29 is 14.3 Å². The summed E-state index contributed by atoms with van der Waals surface area (Å²) >= 11 is 0. The van der Waals surface area contributed by atoms with Crippen molar-refractivity contribution in [2.45, 2.75) is 26.4 Å². The van der Waals surface area contributed by atoms with E-state index in [2.05, 4.69) is 15.0 Å². The fraction of sp³-hybridized carbons (Fsp3) is 0.474. The third-order valence-electron chi connectivity index (χ3n) is 4.24. The Hall–Kier alpha value is -2.90. The second-order valence-corrected chi connectivity index (χ2v) is 7.59. The Labute approximate surface area is 158 Å². The van der Waals surface area contributed by atoms with Crippen LogP contribution < -0.4 is 4.90 Å². The number of hydrogen-bond acceptors (Lipinski definition) is 6. The molecular formula is C19H25N5O3. The number of aromatic nitrogens is 3. The van der Waals surface area contributed by atoms with Gasteiger partial charge >= 0.3 is 6.09 Å². The van der Waals surface area contributed by atoms with Crippen molar-refractivity contribution in [1.82, 2.24) is 19.7 Å². The van der Waals surface area contributed by atoms with Crippen LogP contribution in [0.2, 0.25) is 0 Å². The highest BCUT2D eigenvalue weighted by Crippen LogP contribution is 2.18. The van der Waals surface area contributed by atoms with Gasteiger partial charge in [0.05, 0.1) is 23.6 Å². The molecule has 0 aromatic carbocycles. The zero-order chi connectivity index (χ0) is 19.6. The molecule has 3 rings (SSSR count). The highest BCUT2D eigenvalue weighted by atomic mass is 16.6. The summed E-state index contributed by atoms with van der Waals surface area (Å²) in [7, 11) is 1.77. The molecule has 0 aliphatic carbocycles. The van der Waals surface area contributed by atoms with Crippen molar-refractivity contribution in [3.63, 3.8) is 0 Å². The van der Waals surface area contributed by atoms with Gasteiger partial charge in [0, 0.05) is 39.4 Å². The fourth-order valence-electron chi connectivity index (χ4n) is 2.87. The predicted octanol–water partition coefficient (Wildman–Crippen LogP) is 2.10. The number of anilines is 1. The Morgan fingerprint density at radius 2 is 1.78 bits per heavy atom. The van der Waals surface area contributed by atoms with Crippen LogP contribution in [0.3, 0.4) is 0 Å². The van der Waals surface area contributed by atoms with Crippen LogP contribution in [-0.2, 0) is 11.8 Å². The number of pyridine rings is 1. The highest BCUT2D eigenvalue weighted by Gasteiger charge is 2.26. The number of amides is 1. The number of ether oxygens (including phenoxy) is 1. The van der Waals surface area contributed by atoms with E-state index >= 15 is 0 Å². The van der Waals surface area contributed by atoms with Gasteiger partial charge in [-0.3, -0.25) is 14.5 Å². The quantitative estimate of drug-likeness (QED) is 0.769. The standard InChI is InChI=1S/C19H25N5O3/c1-19(2,3)27-18(26)24-9-7-23(8-10-24)15-5-6-16(20-12-15)17(25)14-11-21-22(4)13-14/h5-6,11-13H,7-10H2,1-4H3. The second kappa shape index (κ2) is 7.38. The van der Waals surface area contributed by atoms with Gasteiger partial charge in [0.25, 0.3) is 0 Å². The summed E-state index contributed by atoms with van der Waals surface area (Å²) in [5.41, 5.74) is 1.35. The van der Waals surface area contributed by atoms with Crippen molar-refractivity contribution in [2.24, 2.45) is 7.05 Å². The maximum absolute atomic E-state index is 12.4. The summed E-state index contributed by atoms with van der Waals surface area (Å²) in [4.78, 5) is 32.7. The van der Waals surface area contributed by atoms with Crippen molar-refractivity contribution in [3.05, 3.63) is 42.0 Å². The normalized spacial score (nSPS) is 15.0. The van der Waals surface area contributed by atoms with Gasteiger partial charge in [-0.2, -0.15) is 5.10 Å². The summed E-state index contributed by atoms with van der Waals surface area (Å²) in [6.07, 6.45) is 4.63. The number of carbonyl (C=O) groups is 2. The Bertz CT molecular complexity index is 815. The Balaban J connectivity index is 1.59. The van der Waals surface area contributed by atoms with Crippen molar-refractivity contribution in [3.8, 4) is 0 Å². The van der Waals surface area contributed by atoms with E-state index in [-0.39, 0.29) is 11.9 Å². The molecule has 1 aliphatic heterocycles. The molecule has 0 saturated carbocycles. The van der Waals surface area contributed by atoms with E-state index < -0.39 is 5.60 Å². The third kappa shape index (κ3) is 4.64. The first-order valence-electron chi connectivity index (χ1n) is 8.95. The molecule has 0 spiro atoms. The Kier molecular flexibility index (Phi) is 5.16. The van der Waals surface area contributed by atoms with Gasteiger partial charge in [-0.15, -0.1) is 0 Å². The molecule has 8 nitrogen and oxygen atoms in total. The van der Waals surface area contributed by atoms with Crippen LogP contribution in [0, 0.1) is 0 Å². The van der Waals surface area contributed by atoms with Gasteiger partial charge in [0.1, 0.15) is 11.3 Å². The van der Waals surface area contributed by atoms with Gasteiger partial charge in [-0.05, 0) is 32.9 Å². The van der Waals surface area contributed by atoms with Crippen LogP contribution in [-0.4, -0.2) is 63.3 Å². The van der Waals surface area contributed by atoms with E-state index in [1.165, 1.54) is 6.20 Å². The maximum Gasteiger partial charge on any atom is 0.410 e. The van der Waals surface area contributed by atoms with Crippen molar-refractivity contribution in [1.29, 1.82) is 0 Å². The maximum atomic E-state index is 12.4. The van der Waals surface area contributed by atoms with Crippen LogP contribution in [0.1, 0.15) is 36.8 Å². The first-order chi connectivity index (χ1) is 12.7. The zero-order valence-corrected chi connectivity index (χ0v) is 16.2. The number of rotatable bonds is 3. The topological polar surface area (TPSA) is 80.6 Å². The number of carbonyl (C=O) groups excluding carboxylic acids is 2. The second-order valence-electron chi connectivity index (χ2n) is 7.59. The van der Waals surface area contributed by atoms with Crippen LogP contribution in [0.25, 0.3) is 0 Å². The Morgan fingerprint density at radius 1 is 1.07 bits per heavy atom. The van der Waals surface area contributed by atoms with Gasteiger partial charge in [0.2, 0.25) is 5.78 Å². The highest BCUT2D eigenvalue weighted by molar-refractivity contribution is 6.07. The summed E-state index contributed by atoms with van der Waals surface area (Å²) in [5, 5.41) is 4.01. The lowest BCUT2D eigenvalue weighted by atomic mass is 10.1. The molecule has 0 bridgehead atoms. The van der Waals surface area contributed by atoms with E-state index in [0.29, 0.717) is 37.4 Å². The SMILES string of the molecule is Cn1cc(C(=O)c2ccc(N3CCN(C(=O)OC(C)(C)C)CC3)cn2)cn1. The summed E-state index contributed by atoms with van der Waals surface area (Å²) in [5.74, 6) is -0.149. The first-order valence-corrected chi connectivity index (χ1v) is 8.95. The smallest absolute Gasteiger partial charge is 0.410 e. The van der Waals surface area contributed by atoms with Crippen LogP contribution >= 0.6 is 0 Å². The monoisotopic (exact) mass is 371 g/mol. The lowest BCUT2D eigenvalue weighted by Crippen LogP contribution is -2.50. The molecule has 0 radical (unpaired) electrons. The molecule has 1 aliphatic rings. The van der Waals surface area contributed by atoms with Gasteiger partial charge in [-0.1, -0.05) is 0 Å². The number of nitrogens with zero attached hydrogens (tertiary/aromatic N) is 5. The van der Waals surface area contributed by atoms with Crippen LogP contribution in [0.4, 0.5) is 10.5 Å². The number of ketones is 1. The van der Waals surface area contributed by atoms with Crippen LogP contribution in [0.15, 0.2) is 30.7 Å². The number of hydrogen-bond donors (Lipinski definition) is 0. The van der Waals surface area contributed by atoms with E-state index in [4.69, 9.17) is 4.74 Å². The van der Waals surface area contributed by atoms with Gasteiger partial charge in [-0.25, -0.2) is 4.79 Å². The third-order valence-corrected chi connectivity index (χ3v) is 4.24. The molecule has 2 aromatic heterocycles. The summed E-state index contributed by atoms with van der Waals surface area (Å²) < 4.78 is 7.00. The van der Waals surface area contributed by atoms with Crippen molar-refractivity contribution in [2.75, 3.05) is 31.1 Å². The van der Waals surface area contributed by atoms with E-state index in [1.54, 1.807) is 35.1 Å². The lowest BCUT2D eigenvalue weighted by molar-refractivity contribution is 0.0240. The minimum atomic E-state index is -0.491. The lowest BCUT2D eigenvalue weighted by Gasteiger charge is -2.36. The molecule has 1 saturated heterocycles. The van der Waals surface area contributed by atoms with Crippen molar-refractivity contribution >= 4 is 17.6 Å². The molecule has 8 heteroatoms. The molecule has 144 valence electrons. The van der Waals surface area contributed by atoms with E-state index in [1.807, 2.05) is 26.8 Å². The Morgan fingerprint density at radius 3 is 2.30 bits per heavy atom. The van der Waals surface area contributed by atoms with E-state index in [0.717, 1.165) is 5.69 Å². The molecular weight excluding hydrogens is 346 g/mol. The molecule has 0 unspecified atom stereocenters. The molecule has 1 amide bonds.